The Labute approximate surface area is 116 Å². The second-order valence-corrected chi connectivity index (χ2v) is 6.84. The van der Waals surface area contributed by atoms with E-state index in [1.54, 1.807) is 0 Å². The summed E-state index contributed by atoms with van der Waals surface area (Å²) in [4.78, 5) is 0. The molecule has 17 heavy (non-hydrogen) atoms. The Kier molecular flexibility index (Phi) is 4.72. The number of ether oxygens (including phenoxy) is 1. The van der Waals surface area contributed by atoms with Crippen LogP contribution in [0.5, 0.6) is 0 Å². The maximum Gasteiger partial charge on any atom is 0.0992 e. The highest BCUT2D eigenvalue weighted by atomic mass is 35.5. The topological polar surface area (TPSA) is 21.3 Å². The average molecular weight is 294 g/mol. The molecule has 3 atom stereocenters. The zero-order valence-electron chi connectivity index (χ0n) is 10.0. The maximum atomic E-state index is 6.25. The molecular weight excluding hydrogens is 277 g/mol. The first-order valence-corrected chi connectivity index (χ1v) is 7.40. The summed E-state index contributed by atoms with van der Waals surface area (Å²) in [5, 5.41) is 3.38. The number of hydrogen-bond donors (Lipinski definition) is 1. The van der Waals surface area contributed by atoms with Gasteiger partial charge in [0.2, 0.25) is 0 Å². The van der Waals surface area contributed by atoms with Gasteiger partial charge in [0.15, 0.2) is 0 Å². The van der Waals surface area contributed by atoms with Crippen LogP contribution in [0.4, 0.5) is 0 Å². The SMILES string of the molecule is CNC(c1cc(Cl)sc1Cl)C1CCOCC1C. The van der Waals surface area contributed by atoms with Crippen molar-refractivity contribution >= 4 is 34.5 Å². The van der Waals surface area contributed by atoms with Gasteiger partial charge in [0.25, 0.3) is 0 Å². The zero-order valence-corrected chi connectivity index (χ0v) is 12.3. The average Bonchev–Trinajstić information content (AvgIpc) is 2.62. The molecule has 1 aliphatic rings. The molecule has 0 radical (unpaired) electrons. The fourth-order valence-electron chi connectivity index (χ4n) is 2.56. The standard InChI is InChI=1S/C12H17Cl2NOS/c1-7-6-16-4-3-8(7)11(15-2)9-5-10(13)17-12(9)14/h5,7-8,11,15H,3-4,6H2,1-2H3. The van der Waals surface area contributed by atoms with Gasteiger partial charge in [-0.3, -0.25) is 0 Å². The molecule has 0 bridgehead atoms. The van der Waals surface area contributed by atoms with Gasteiger partial charge in [-0.1, -0.05) is 30.1 Å². The third-order valence-corrected chi connectivity index (χ3v) is 4.98. The zero-order chi connectivity index (χ0) is 12.4. The lowest BCUT2D eigenvalue weighted by Crippen LogP contribution is -2.35. The molecule has 3 unspecified atom stereocenters. The molecule has 1 fully saturated rings. The van der Waals surface area contributed by atoms with Crippen molar-refractivity contribution in [2.24, 2.45) is 11.8 Å². The predicted molar refractivity (Wildman–Crippen MR) is 74.2 cm³/mol. The largest absolute Gasteiger partial charge is 0.381 e. The van der Waals surface area contributed by atoms with Crippen molar-refractivity contribution in [2.75, 3.05) is 20.3 Å². The van der Waals surface area contributed by atoms with Crippen molar-refractivity contribution in [2.45, 2.75) is 19.4 Å². The quantitative estimate of drug-likeness (QED) is 0.910. The van der Waals surface area contributed by atoms with Gasteiger partial charge in [0, 0.05) is 24.8 Å². The lowest BCUT2D eigenvalue weighted by Gasteiger charge is -2.35. The van der Waals surface area contributed by atoms with Gasteiger partial charge in [0.1, 0.15) is 0 Å². The molecule has 2 rings (SSSR count). The number of hydrogen-bond acceptors (Lipinski definition) is 3. The van der Waals surface area contributed by atoms with Gasteiger partial charge in [-0.05, 0) is 31.4 Å². The van der Waals surface area contributed by atoms with Crippen LogP contribution in [0, 0.1) is 11.8 Å². The molecule has 0 aromatic carbocycles. The van der Waals surface area contributed by atoms with Gasteiger partial charge < -0.3 is 10.1 Å². The summed E-state index contributed by atoms with van der Waals surface area (Å²) in [6.07, 6.45) is 1.07. The Morgan fingerprint density at radius 2 is 2.29 bits per heavy atom. The van der Waals surface area contributed by atoms with E-state index in [2.05, 4.69) is 12.2 Å². The summed E-state index contributed by atoms with van der Waals surface area (Å²) in [7, 11) is 1.98. The molecule has 1 aromatic rings. The number of halogens is 2. The van der Waals surface area contributed by atoms with Gasteiger partial charge >= 0.3 is 0 Å². The summed E-state index contributed by atoms with van der Waals surface area (Å²) in [5.41, 5.74) is 1.13. The molecule has 0 amide bonds. The highest BCUT2D eigenvalue weighted by molar-refractivity contribution is 7.20. The van der Waals surface area contributed by atoms with Gasteiger partial charge in [-0.25, -0.2) is 0 Å². The fraction of sp³-hybridized carbons (Fsp3) is 0.667. The smallest absolute Gasteiger partial charge is 0.0992 e. The van der Waals surface area contributed by atoms with E-state index in [1.807, 2.05) is 13.1 Å². The van der Waals surface area contributed by atoms with Crippen LogP contribution in [-0.4, -0.2) is 20.3 Å². The summed E-state index contributed by atoms with van der Waals surface area (Å²) >= 11 is 13.7. The first-order valence-electron chi connectivity index (χ1n) is 5.83. The molecule has 0 spiro atoms. The van der Waals surface area contributed by atoms with E-state index in [0.29, 0.717) is 11.8 Å². The molecule has 1 aliphatic heterocycles. The minimum atomic E-state index is 0.269. The van der Waals surface area contributed by atoms with E-state index in [9.17, 15) is 0 Å². The highest BCUT2D eigenvalue weighted by Crippen LogP contribution is 2.41. The molecule has 5 heteroatoms. The van der Waals surface area contributed by atoms with Crippen LogP contribution in [0.2, 0.25) is 8.67 Å². The van der Waals surface area contributed by atoms with E-state index in [4.69, 9.17) is 27.9 Å². The van der Waals surface area contributed by atoms with Crippen molar-refractivity contribution in [1.82, 2.24) is 5.32 Å². The van der Waals surface area contributed by atoms with Gasteiger partial charge in [-0.15, -0.1) is 11.3 Å². The summed E-state index contributed by atoms with van der Waals surface area (Å²) in [5.74, 6) is 1.09. The van der Waals surface area contributed by atoms with Crippen molar-refractivity contribution in [1.29, 1.82) is 0 Å². The van der Waals surface area contributed by atoms with Crippen LogP contribution >= 0.6 is 34.5 Å². The van der Waals surface area contributed by atoms with Crippen LogP contribution in [0.1, 0.15) is 24.9 Å². The molecular formula is C12H17Cl2NOS. The van der Waals surface area contributed by atoms with E-state index < -0.39 is 0 Å². The Hall–Kier alpha value is 0.200. The first kappa shape index (κ1) is 13.6. The predicted octanol–water partition coefficient (Wildman–Crippen LogP) is 3.99. The Morgan fingerprint density at radius 1 is 1.53 bits per heavy atom. The maximum absolute atomic E-state index is 6.25. The van der Waals surface area contributed by atoms with E-state index >= 15 is 0 Å². The van der Waals surface area contributed by atoms with E-state index in [-0.39, 0.29) is 6.04 Å². The molecule has 0 saturated carbocycles. The highest BCUT2D eigenvalue weighted by Gasteiger charge is 2.31. The van der Waals surface area contributed by atoms with E-state index in [1.165, 1.54) is 11.3 Å². The third-order valence-electron chi connectivity index (χ3n) is 3.46. The number of thiophene rings is 1. The second kappa shape index (κ2) is 5.89. The molecule has 96 valence electrons. The molecule has 1 saturated heterocycles. The van der Waals surface area contributed by atoms with Gasteiger partial charge in [-0.2, -0.15) is 0 Å². The Morgan fingerprint density at radius 3 is 2.82 bits per heavy atom. The first-order chi connectivity index (χ1) is 8.13. The second-order valence-electron chi connectivity index (χ2n) is 4.55. The van der Waals surface area contributed by atoms with Crippen molar-refractivity contribution in [3.05, 3.63) is 20.3 Å². The van der Waals surface area contributed by atoms with Crippen molar-refractivity contribution < 1.29 is 4.74 Å². The minimum absolute atomic E-state index is 0.269. The van der Waals surface area contributed by atoms with Crippen LogP contribution in [0.25, 0.3) is 0 Å². The van der Waals surface area contributed by atoms with Crippen molar-refractivity contribution in [3.63, 3.8) is 0 Å². The number of nitrogens with one attached hydrogen (secondary N) is 1. The van der Waals surface area contributed by atoms with Crippen LogP contribution in [0.3, 0.4) is 0 Å². The molecule has 0 aliphatic carbocycles. The summed E-state index contributed by atoms with van der Waals surface area (Å²) in [6, 6.07) is 2.25. The van der Waals surface area contributed by atoms with Crippen LogP contribution < -0.4 is 5.32 Å². The molecule has 1 aromatic heterocycles. The molecule has 2 nitrogen and oxygen atoms in total. The lowest BCUT2D eigenvalue weighted by molar-refractivity contribution is 0.0116. The molecule has 1 N–H and O–H groups in total. The lowest BCUT2D eigenvalue weighted by atomic mass is 9.81. The fourth-order valence-corrected chi connectivity index (χ4v) is 4.11. The minimum Gasteiger partial charge on any atom is -0.381 e. The summed E-state index contributed by atoms with van der Waals surface area (Å²) in [6.45, 7) is 3.90. The summed E-state index contributed by atoms with van der Waals surface area (Å²) < 4.78 is 7.05. The van der Waals surface area contributed by atoms with E-state index in [0.717, 1.165) is 33.9 Å². The molecule has 2 heterocycles. The van der Waals surface area contributed by atoms with Gasteiger partial charge in [0.05, 0.1) is 8.67 Å². The normalized spacial score (nSPS) is 27.1. The van der Waals surface area contributed by atoms with Crippen LogP contribution in [0.15, 0.2) is 6.07 Å². The van der Waals surface area contributed by atoms with Crippen LogP contribution in [-0.2, 0) is 4.74 Å². The third kappa shape index (κ3) is 2.96. The monoisotopic (exact) mass is 293 g/mol. The Balaban J connectivity index is 2.23. The number of rotatable bonds is 3. The van der Waals surface area contributed by atoms with Crippen molar-refractivity contribution in [3.8, 4) is 0 Å². The Bertz CT molecular complexity index is 383.